The number of ether oxygens (including phenoxy) is 1. The van der Waals surface area contributed by atoms with Crippen LogP contribution < -0.4 is 21.3 Å². The molecule has 3 N–H and O–H groups in total. The molecule has 3 aromatic carbocycles. The standard InChI is InChI=1S/C29H24N6O2/c1-18(33-27-24(31-2)17-32-29(30)34-27)25-16-20-8-7-11-23(19-12-14-22(37-3)15-13-19)26(20)28(36)35(25)21-9-5-4-6-10-21/h4-18H,1,3H3,(H3,30,32,33,34)/t18-/m0/s1. The minimum absolute atomic E-state index is 0.0604. The van der Waals surface area contributed by atoms with Crippen LogP contribution in [0.2, 0.25) is 0 Å². The van der Waals surface area contributed by atoms with E-state index in [2.05, 4.69) is 20.1 Å². The summed E-state index contributed by atoms with van der Waals surface area (Å²) in [6, 6.07) is 24.6. The fourth-order valence-corrected chi connectivity index (χ4v) is 4.41. The Morgan fingerprint density at radius 2 is 1.81 bits per heavy atom. The van der Waals surface area contributed by atoms with Crippen LogP contribution in [0, 0.1) is 6.57 Å². The highest BCUT2D eigenvalue weighted by molar-refractivity contribution is 5.96. The average molecular weight is 489 g/mol. The van der Waals surface area contributed by atoms with E-state index in [0.29, 0.717) is 16.9 Å². The van der Waals surface area contributed by atoms with Gasteiger partial charge in [0.15, 0.2) is 0 Å². The molecule has 8 heteroatoms. The van der Waals surface area contributed by atoms with Crippen LogP contribution in [0.15, 0.2) is 89.9 Å². The molecule has 0 spiro atoms. The molecule has 2 aromatic heterocycles. The lowest BCUT2D eigenvalue weighted by Crippen LogP contribution is -2.26. The second kappa shape index (κ2) is 9.84. The second-order valence-corrected chi connectivity index (χ2v) is 8.48. The lowest BCUT2D eigenvalue weighted by molar-refractivity contribution is 0.415. The molecule has 1 atom stereocenters. The van der Waals surface area contributed by atoms with Gasteiger partial charge in [-0.1, -0.05) is 48.5 Å². The summed E-state index contributed by atoms with van der Waals surface area (Å²) in [6.07, 6.45) is 1.39. The molecule has 8 nitrogen and oxygen atoms in total. The molecular formula is C29H24N6O2. The maximum Gasteiger partial charge on any atom is 0.263 e. The Hall–Kier alpha value is -5.16. The van der Waals surface area contributed by atoms with E-state index in [-0.39, 0.29) is 17.2 Å². The third kappa shape index (κ3) is 4.46. The molecule has 2 heterocycles. The fourth-order valence-electron chi connectivity index (χ4n) is 4.41. The first kappa shape index (κ1) is 23.6. The quantitative estimate of drug-likeness (QED) is 0.295. The largest absolute Gasteiger partial charge is 0.497 e. The second-order valence-electron chi connectivity index (χ2n) is 8.48. The van der Waals surface area contributed by atoms with Gasteiger partial charge in [-0.3, -0.25) is 9.36 Å². The van der Waals surface area contributed by atoms with Gasteiger partial charge in [0.2, 0.25) is 11.6 Å². The zero-order chi connectivity index (χ0) is 25.9. The van der Waals surface area contributed by atoms with E-state index in [4.69, 9.17) is 17.0 Å². The number of para-hydroxylation sites is 1. The molecule has 0 saturated carbocycles. The van der Waals surface area contributed by atoms with Gasteiger partial charge in [0, 0.05) is 17.6 Å². The summed E-state index contributed by atoms with van der Waals surface area (Å²) in [6.45, 7) is 9.37. The number of rotatable bonds is 6. The van der Waals surface area contributed by atoms with E-state index in [1.165, 1.54) is 6.20 Å². The number of nitrogens with one attached hydrogen (secondary N) is 1. The number of methoxy groups -OCH3 is 1. The number of pyridine rings is 1. The van der Waals surface area contributed by atoms with Crippen molar-refractivity contribution >= 4 is 28.2 Å². The molecule has 0 aliphatic carbocycles. The molecular weight excluding hydrogens is 464 g/mol. The van der Waals surface area contributed by atoms with Crippen molar-refractivity contribution in [2.75, 3.05) is 18.2 Å². The summed E-state index contributed by atoms with van der Waals surface area (Å²) in [5, 5.41) is 4.68. The number of aromatic nitrogens is 3. The topological polar surface area (TPSA) is 99.4 Å². The number of benzene rings is 3. The molecule has 37 heavy (non-hydrogen) atoms. The van der Waals surface area contributed by atoms with E-state index in [0.717, 1.165) is 28.0 Å². The molecule has 5 rings (SSSR count). The Labute approximate surface area is 213 Å². The van der Waals surface area contributed by atoms with Gasteiger partial charge in [-0.2, -0.15) is 0 Å². The van der Waals surface area contributed by atoms with Crippen molar-refractivity contribution in [2.45, 2.75) is 13.0 Å². The lowest BCUT2D eigenvalue weighted by Gasteiger charge is -2.22. The monoisotopic (exact) mass is 488 g/mol. The van der Waals surface area contributed by atoms with E-state index in [1.807, 2.05) is 85.8 Å². The van der Waals surface area contributed by atoms with Gasteiger partial charge in [-0.15, -0.1) is 0 Å². The Kier molecular flexibility index (Phi) is 6.27. The average Bonchev–Trinajstić information content (AvgIpc) is 2.93. The first-order valence-corrected chi connectivity index (χ1v) is 11.6. The predicted molar refractivity (Wildman–Crippen MR) is 146 cm³/mol. The summed E-state index contributed by atoms with van der Waals surface area (Å²) in [4.78, 5) is 25.8. The third-order valence-electron chi connectivity index (χ3n) is 6.20. The van der Waals surface area contributed by atoms with Gasteiger partial charge in [0.25, 0.3) is 5.56 Å². The van der Waals surface area contributed by atoms with Crippen LogP contribution in [0.4, 0.5) is 17.5 Å². The summed E-state index contributed by atoms with van der Waals surface area (Å²) >= 11 is 0. The first-order chi connectivity index (χ1) is 18.0. The van der Waals surface area contributed by atoms with Gasteiger partial charge in [-0.05, 0) is 53.8 Å². The number of anilines is 2. The van der Waals surface area contributed by atoms with Crippen LogP contribution in [0.5, 0.6) is 5.75 Å². The zero-order valence-corrected chi connectivity index (χ0v) is 20.3. The summed E-state index contributed by atoms with van der Waals surface area (Å²) in [5.74, 6) is 1.12. The smallest absolute Gasteiger partial charge is 0.263 e. The van der Waals surface area contributed by atoms with Crippen LogP contribution in [-0.2, 0) is 0 Å². The minimum Gasteiger partial charge on any atom is -0.497 e. The van der Waals surface area contributed by atoms with Crippen LogP contribution in [0.1, 0.15) is 18.7 Å². The van der Waals surface area contributed by atoms with Crippen molar-refractivity contribution in [3.8, 4) is 22.6 Å². The van der Waals surface area contributed by atoms with Crippen molar-refractivity contribution < 1.29 is 4.74 Å². The van der Waals surface area contributed by atoms with E-state index < -0.39 is 6.04 Å². The number of fused-ring (bicyclic) bond motifs is 1. The Balaban J connectivity index is 1.73. The van der Waals surface area contributed by atoms with Crippen LogP contribution in [0.3, 0.4) is 0 Å². The van der Waals surface area contributed by atoms with E-state index in [9.17, 15) is 4.79 Å². The van der Waals surface area contributed by atoms with Crippen molar-refractivity contribution in [2.24, 2.45) is 0 Å². The predicted octanol–water partition coefficient (Wildman–Crippen LogP) is 5.76. The number of hydrogen-bond acceptors (Lipinski definition) is 6. The maximum absolute atomic E-state index is 14.2. The van der Waals surface area contributed by atoms with Crippen molar-refractivity contribution in [1.29, 1.82) is 0 Å². The number of nitrogens with two attached hydrogens (primary N) is 1. The molecule has 0 bridgehead atoms. The number of hydrogen-bond donors (Lipinski definition) is 2. The van der Waals surface area contributed by atoms with Crippen LogP contribution >= 0.6 is 0 Å². The maximum atomic E-state index is 14.2. The minimum atomic E-state index is -0.392. The zero-order valence-electron chi connectivity index (χ0n) is 20.3. The van der Waals surface area contributed by atoms with Gasteiger partial charge >= 0.3 is 0 Å². The Bertz CT molecular complexity index is 1690. The molecule has 0 aliphatic rings. The summed E-state index contributed by atoms with van der Waals surface area (Å²) < 4.78 is 7.00. The number of nitrogen functional groups attached to an aromatic ring is 1. The molecule has 0 unspecified atom stereocenters. The van der Waals surface area contributed by atoms with Gasteiger partial charge in [-0.25, -0.2) is 14.8 Å². The fraction of sp³-hybridized carbons (Fsp3) is 0.103. The molecule has 0 saturated heterocycles. The summed E-state index contributed by atoms with van der Waals surface area (Å²) in [7, 11) is 1.62. The SMILES string of the molecule is [C-]#[N+]c1cnc(N)nc1N[C@@H](C)c1cc2cccc(-c3ccc(OC)cc3)c2c(=O)n1-c1ccccc1. The summed E-state index contributed by atoms with van der Waals surface area (Å²) in [5.41, 5.74) is 9.07. The molecule has 0 fully saturated rings. The van der Waals surface area contributed by atoms with Crippen LogP contribution in [0.25, 0.3) is 32.4 Å². The lowest BCUT2D eigenvalue weighted by atomic mass is 9.97. The molecule has 0 aliphatic heterocycles. The third-order valence-corrected chi connectivity index (χ3v) is 6.20. The first-order valence-electron chi connectivity index (χ1n) is 11.6. The van der Waals surface area contributed by atoms with E-state index >= 15 is 0 Å². The van der Waals surface area contributed by atoms with Gasteiger partial charge in [0.05, 0.1) is 25.1 Å². The Morgan fingerprint density at radius 1 is 1.05 bits per heavy atom. The molecule has 0 radical (unpaired) electrons. The van der Waals surface area contributed by atoms with Crippen LogP contribution in [-0.4, -0.2) is 21.6 Å². The van der Waals surface area contributed by atoms with Crippen molar-refractivity contribution in [1.82, 2.24) is 14.5 Å². The van der Waals surface area contributed by atoms with Gasteiger partial charge in [0.1, 0.15) is 11.6 Å². The molecule has 5 aromatic rings. The van der Waals surface area contributed by atoms with Crippen molar-refractivity contribution in [3.05, 3.63) is 113 Å². The van der Waals surface area contributed by atoms with Gasteiger partial charge < -0.3 is 15.8 Å². The highest BCUT2D eigenvalue weighted by Crippen LogP contribution is 2.32. The molecule has 182 valence electrons. The van der Waals surface area contributed by atoms with E-state index in [1.54, 1.807) is 11.7 Å². The normalized spacial score (nSPS) is 11.6. The van der Waals surface area contributed by atoms with Crippen molar-refractivity contribution in [3.63, 3.8) is 0 Å². The highest BCUT2D eigenvalue weighted by Gasteiger charge is 2.20. The Morgan fingerprint density at radius 3 is 2.51 bits per heavy atom. The highest BCUT2D eigenvalue weighted by atomic mass is 16.5. The number of nitrogens with zero attached hydrogens (tertiary/aromatic N) is 4. The molecule has 0 amide bonds.